The van der Waals surface area contributed by atoms with Crippen molar-refractivity contribution in [2.45, 2.75) is 0 Å². The quantitative estimate of drug-likeness (QED) is 0.391. The minimum Gasteiger partial charge on any atom is -0.484 e. The molecule has 0 saturated heterocycles. The first-order valence-corrected chi connectivity index (χ1v) is 6.48. The molecule has 0 saturated carbocycles. The van der Waals surface area contributed by atoms with E-state index in [0.29, 0.717) is 0 Å². The zero-order valence-electron chi connectivity index (χ0n) is 9.11. The normalized spacial score (nSPS) is 10.8. The van der Waals surface area contributed by atoms with Crippen LogP contribution in [0.5, 0.6) is 5.75 Å². The van der Waals surface area contributed by atoms with Crippen LogP contribution in [-0.4, -0.2) is 17.4 Å². The molecule has 9 nitrogen and oxygen atoms in total. The number of nitro groups is 1. The van der Waals surface area contributed by atoms with Gasteiger partial charge in [0.2, 0.25) is 0 Å². The average Bonchev–Trinajstić information content (AvgIpc) is 2.24. The molecular formula is C8H11N4O5P. The number of nitro benzene ring substituents is 1. The number of nitrogens with zero attached hydrogens (tertiary/aromatic N) is 1. The first kappa shape index (κ1) is 14.1. The van der Waals surface area contributed by atoms with Crippen LogP contribution in [0.4, 0.5) is 5.69 Å². The third-order valence-corrected chi connectivity index (χ3v) is 2.32. The highest BCUT2D eigenvalue weighted by molar-refractivity contribution is 7.57. The van der Waals surface area contributed by atoms with Crippen LogP contribution in [0.3, 0.4) is 0 Å². The zero-order chi connectivity index (χ0) is 13.8. The minimum absolute atomic E-state index is 0.0970. The maximum atomic E-state index is 11.1. The van der Waals surface area contributed by atoms with Gasteiger partial charge in [-0.3, -0.25) is 35.6 Å². The topological polar surface area (TPSA) is 151 Å². The summed E-state index contributed by atoms with van der Waals surface area (Å²) in [5, 5.41) is 12.2. The van der Waals surface area contributed by atoms with Crippen LogP contribution < -0.4 is 20.8 Å². The largest absolute Gasteiger partial charge is 0.484 e. The second-order valence-electron chi connectivity index (χ2n) is 3.28. The van der Waals surface area contributed by atoms with Crippen molar-refractivity contribution in [3.63, 3.8) is 0 Å². The Morgan fingerprint density at radius 2 is 1.94 bits per heavy atom. The first-order valence-electron chi connectivity index (χ1n) is 4.63. The second kappa shape index (κ2) is 5.58. The lowest BCUT2D eigenvalue weighted by Gasteiger charge is -2.09. The van der Waals surface area contributed by atoms with E-state index < -0.39 is 25.0 Å². The number of carbonyl (C=O) groups is 1. The maximum absolute atomic E-state index is 11.1. The highest BCUT2D eigenvalue weighted by atomic mass is 31.2. The molecule has 0 fully saturated rings. The Morgan fingerprint density at radius 1 is 1.39 bits per heavy atom. The summed E-state index contributed by atoms with van der Waals surface area (Å²) in [7, 11) is -3.63. The lowest BCUT2D eigenvalue weighted by atomic mass is 10.3. The molecule has 0 aliphatic carbocycles. The zero-order valence-corrected chi connectivity index (χ0v) is 10.0. The number of benzene rings is 1. The van der Waals surface area contributed by atoms with Gasteiger partial charge in [0.15, 0.2) is 6.61 Å². The molecule has 5 N–H and O–H groups in total. The SMILES string of the molecule is NP(N)(=O)NC(=O)COc1ccc([N+](=O)[O-])cc1. The Morgan fingerprint density at radius 3 is 2.39 bits per heavy atom. The molecule has 0 atom stereocenters. The third-order valence-electron chi connectivity index (χ3n) is 1.72. The average molecular weight is 274 g/mol. The molecule has 1 aromatic rings. The maximum Gasteiger partial charge on any atom is 0.300 e. The molecule has 98 valence electrons. The summed E-state index contributed by atoms with van der Waals surface area (Å²) in [6, 6.07) is 5.11. The fourth-order valence-corrected chi connectivity index (χ4v) is 1.49. The van der Waals surface area contributed by atoms with Gasteiger partial charge in [-0.05, 0) is 12.1 Å². The molecule has 0 aliphatic heterocycles. The molecule has 0 radical (unpaired) electrons. The molecule has 0 heterocycles. The van der Waals surface area contributed by atoms with Gasteiger partial charge in [0, 0.05) is 12.1 Å². The van der Waals surface area contributed by atoms with E-state index in [1.165, 1.54) is 24.3 Å². The molecule has 10 heteroatoms. The molecule has 0 aliphatic rings. The lowest BCUT2D eigenvalue weighted by Crippen LogP contribution is -2.32. The van der Waals surface area contributed by atoms with Crippen molar-refractivity contribution in [2.75, 3.05) is 6.61 Å². The number of nitrogens with one attached hydrogen (secondary N) is 1. The second-order valence-corrected chi connectivity index (χ2v) is 4.93. The standard InChI is InChI=1S/C8H11N4O5P/c9-18(10,16)11-8(13)5-17-7-3-1-6(2-4-7)12(14)15/h1-4H,5H2,(H5,9,10,11,13,16). The van der Waals surface area contributed by atoms with Gasteiger partial charge in [0.1, 0.15) is 5.75 Å². The number of carbonyl (C=O) groups excluding carboxylic acids is 1. The monoisotopic (exact) mass is 274 g/mol. The van der Waals surface area contributed by atoms with E-state index in [1.54, 1.807) is 0 Å². The fraction of sp³-hybridized carbons (Fsp3) is 0.125. The van der Waals surface area contributed by atoms with Crippen molar-refractivity contribution in [1.82, 2.24) is 5.09 Å². The Kier molecular flexibility index (Phi) is 4.38. The summed E-state index contributed by atoms with van der Waals surface area (Å²) < 4.78 is 15.8. The lowest BCUT2D eigenvalue weighted by molar-refractivity contribution is -0.384. The van der Waals surface area contributed by atoms with Gasteiger partial charge in [0.05, 0.1) is 4.92 Å². The number of rotatable bonds is 5. The predicted octanol–water partition coefficient (Wildman–Crippen LogP) is 0.115. The van der Waals surface area contributed by atoms with Gasteiger partial charge in [-0.15, -0.1) is 0 Å². The summed E-state index contributed by atoms with van der Waals surface area (Å²) >= 11 is 0. The fourth-order valence-electron chi connectivity index (χ4n) is 1.04. The Balaban J connectivity index is 2.51. The van der Waals surface area contributed by atoms with E-state index in [1.807, 2.05) is 5.09 Å². The highest BCUT2D eigenvalue weighted by Gasteiger charge is 2.13. The van der Waals surface area contributed by atoms with E-state index in [2.05, 4.69) is 0 Å². The van der Waals surface area contributed by atoms with Crippen molar-refractivity contribution in [3.8, 4) is 5.75 Å². The van der Waals surface area contributed by atoms with E-state index in [-0.39, 0.29) is 11.4 Å². The number of hydrogen-bond acceptors (Lipinski definition) is 5. The van der Waals surface area contributed by atoms with Gasteiger partial charge in [-0.1, -0.05) is 0 Å². The van der Waals surface area contributed by atoms with Gasteiger partial charge >= 0.3 is 0 Å². The van der Waals surface area contributed by atoms with Gasteiger partial charge < -0.3 is 4.74 Å². The van der Waals surface area contributed by atoms with Crippen LogP contribution in [-0.2, 0) is 9.36 Å². The number of amides is 1. The Labute approximate surface area is 102 Å². The Hall–Kier alpha value is -1.96. The summed E-state index contributed by atoms with van der Waals surface area (Å²) in [4.78, 5) is 20.9. The molecule has 1 aromatic carbocycles. The van der Waals surface area contributed by atoms with Crippen LogP contribution >= 0.6 is 7.59 Å². The summed E-state index contributed by atoms with van der Waals surface area (Å²) in [5.41, 5.74) is 9.76. The number of ether oxygens (including phenoxy) is 1. The summed E-state index contributed by atoms with van der Waals surface area (Å²) in [6.45, 7) is -0.448. The smallest absolute Gasteiger partial charge is 0.300 e. The molecule has 1 rings (SSSR count). The molecule has 0 bridgehead atoms. The van der Waals surface area contributed by atoms with E-state index in [9.17, 15) is 19.5 Å². The Bertz CT molecular complexity index is 497. The molecule has 1 amide bonds. The van der Waals surface area contributed by atoms with E-state index in [4.69, 9.17) is 15.7 Å². The van der Waals surface area contributed by atoms with E-state index >= 15 is 0 Å². The van der Waals surface area contributed by atoms with Crippen LogP contribution in [0.2, 0.25) is 0 Å². The van der Waals surface area contributed by atoms with Gasteiger partial charge in [0.25, 0.3) is 19.2 Å². The number of non-ortho nitro benzene ring substituents is 1. The van der Waals surface area contributed by atoms with Crippen molar-refractivity contribution in [3.05, 3.63) is 34.4 Å². The highest BCUT2D eigenvalue weighted by Crippen LogP contribution is 2.18. The number of hydrogen-bond donors (Lipinski definition) is 3. The minimum atomic E-state index is -3.63. The summed E-state index contributed by atoms with van der Waals surface area (Å²) in [5.74, 6) is -0.499. The van der Waals surface area contributed by atoms with Crippen LogP contribution in [0.15, 0.2) is 24.3 Å². The van der Waals surface area contributed by atoms with Crippen molar-refractivity contribution >= 4 is 19.2 Å². The van der Waals surface area contributed by atoms with Gasteiger partial charge in [-0.2, -0.15) is 0 Å². The van der Waals surface area contributed by atoms with Gasteiger partial charge in [-0.25, -0.2) is 0 Å². The van der Waals surface area contributed by atoms with Crippen LogP contribution in [0.25, 0.3) is 0 Å². The summed E-state index contributed by atoms with van der Waals surface area (Å²) in [6.07, 6.45) is 0. The molecule has 0 aromatic heterocycles. The molecule has 0 spiro atoms. The molecule has 0 unspecified atom stereocenters. The predicted molar refractivity (Wildman–Crippen MR) is 62.7 cm³/mol. The van der Waals surface area contributed by atoms with Crippen molar-refractivity contribution in [1.29, 1.82) is 0 Å². The first-order chi connectivity index (χ1) is 8.28. The number of nitrogens with two attached hydrogens (primary N) is 2. The molecule has 18 heavy (non-hydrogen) atoms. The van der Waals surface area contributed by atoms with Crippen LogP contribution in [0.1, 0.15) is 0 Å². The van der Waals surface area contributed by atoms with Crippen LogP contribution in [0, 0.1) is 10.1 Å². The van der Waals surface area contributed by atoms with E-state index in [0.717, 1.165) is 0 Å². The third kappa shape index (κ3) is 4.91. The van der Waals surface area contributed by atoms with Crippen molar-refractivity contribution < 1.29 is 19.0 Å². The molecular weight excluding hydrogens is 263 g/mol. The van der Waals surface area contributed by atoms with Crippen molar-refractivity contribution in [2.24, 2.45) is 11.0 Å².